The van der Waals surface area contributed by atoms with E-state index in [4.69, 9.17) is 4.74 Å². The lowest BCUT2D eigenvalue weighted by Gasteiger charge is -2.14. The standard InChI is InChI=1S/C14H15BrO2/c1-9(15)14(16)12-4-3-11-8-13(17-2)6-5-10(11)7-12/h3-9,14,16H,1-2H3. The SMILES string of the molecule is COc1ccc2cc(C(O)C(C)Br)ccc2c1. The Bertz CT molecular complexity index is 523. The molecule has 0 spiro atoms. The molecule has 1 N–H and O–H groups in total. The summed E-state index contributed by atoms with van der Waals surface area (Å²) in [7, 11) is 1.66. The van der Waals surface area contributed by atoms with Crippen LogP contribution in [0.4, 0.5) is 0 Å². The topological polar surface area (TPSA) is 29.5 Å². The first-order valence-corrected chi connectivity index (χ1v) is 6.43. The lowest BCUT2D eigenvalue weighted by molar-refractivity contribution is 0.181. The van der Waals surface area contributed by atoms with Crippen molar-refractivity contribution in [2.45, 2.75) is 17.9 Å². The highest BCUT2D eigenvalue weighted by atomic mass is 79.9. The quantitative estimate of drug-likeness (QED) is 0.876. The molecule has 0 saturated heterocycles. The molecular weight excluding hydrogens is 280 g/mol. The first-order chi connectivity index (χ1) is 8.11. The van der Waals surface area contributed by atoms with Crippen LogP contribution in [0.1, 0.15) is 18.6 Å². The van der Waals surface area contributed by atoms with Gasteiger partial charge in [-0.15, -0.1) is 0 Å². The number of methoxy groups -OCH3 is 1. The highest BCUT2D eigenvalue weighted by Crippen LogP contribution is 2.27. The van der Waals surface area contributed by atoms with Gasteiger partial charge in [0.25, 0.3) is 0 Å². The molecule has 2 unspecified atom stereocenters. The molecule has 0 heterocycles. The van der Waals surface area contributed by atoms with Gasteiger partial charge in [0.2, 0.25) is 0 Å². The predicted molar refractivity (Wildman–Crippen MR) is 73.8 cm³/mol. The van der Waals surface area contributed by atoms with E-state index >= 15 is 0 Å². The van der Waals surface area contributed by atoms with Crippen LogP contribution >= 0.6 is 15.9 Å². The number of rotatable bonds is 3. The molecule has 2 nitrogen and oxygen atoms in total. The zero-order valence-electron chi connectivity index (χ0n) is 9.85. The number of hydrogen-bond acceptors (Lipinski definition) is 2. The molecule has 2 aromatic carbocycles. The predicted octanol–water partition coefficient (Wildman–Crippen LogP) is 3.67. The van der Waals surface area contributed by atoms with Crippen LogP contribution in [0.2, 0.25) is 0 Å². The van der Waals surface area contributed by atoms with Gasteiger partial charge in [-0.1, -0.05) is 34.1 Å². The van der Waals surface area contributed by atoms with E-state index in [2.05, 4.69) is 15.9 Å². The van der Waals surface area contributed by atoms with Crippen molar-refractivity contribution in [1.29, 1.82) is 0 Å². The average Bonchev–Trinajstić information content (AvgIpc) is 2.36. The molecule has 0 aliphatic heterocycles. The van der Waals surface area contributed by atoms with Crippen molar-refractivity contribution in [3.05, 3.63) is 42.0 Å². The summed E-state index contributed by atoms with van der Waals surface area (Å²) < 4.78 is 5.18. The monoisotopic (exact) mass is 294 g/mol. The maximum atomic E-state index is 9.99. The first kappa shape index (κ1) is 12.4. The number of benzene rings is 2. The van der Waals surface area contributed by atoms with Crippen molar-refractivity contribution in [2.75, 3.05) is 7.11 Å². The van der Waals surface area contributed by atoms with E-state index < -0.39 is 6.10 Å². The fraction of sp³-hybridized carbons (Fsp3) is 0.286. The van der Waals surface area contributed by atoms with E-state index in [1.54, 1.807) is 7.11 Å². The average molecular weight is 295 g/mol. The number of halogens is 1. The number of fused-ring (bicyclic) bond motifs is 1. The van der Waals surface area contributed by atoms with E-state index in [9.17, 15) is 5.11 Å². The Morgan fingerprint density at radius 1 is 1.12 bits per heavy atom. The van der Waals surface area contributed by atoms with Gasteiger partial charge in [0, 0.05) is 4.83 Å². The smallest absolute Gasteiger partial charge is 0.119 e. The molecule has 3 heteroatoms. The van der Waals surface area contributed by atoms with E-state index in [-0.39, 0.29) is 4.83 Å². The fourth-order valence-corrected chi connectivity index (χ4v) is 2.12. The van der Waals surface area contributed by atoms with Crippen molar-refractivity contribution < 1.29 is 9.84 Å². The van der Waals surface area contributed by atoms with Gasteiger partial charge < -0.3 is 9.84 Å². The Morgan fingerprint density at radius 2 is 1.76 bits per heavy atom. The number of ether oxygens (including phenoxy) is 1. The molecule has 2 atom stereocenters. The molecule has 90 valence electrons. The lowest BCUT2D eigenvalue weighted by atomic mass is 10.0. The summed E-state index contributed by atoms with van der Waals surface area (Å²) in [6.07, 6.45) is -0.485. The third-order valence-corrected chi connectivity index (χ3v) is 3.35. The molecule has 0 amide bonds. The van der Waals surface area contributed by atoms with E-state index in [1.807, 2.05) is 43.3 Å². The maximum Gasteiger partial charge on any atom is 0.119 e. The van der Waals surface area contributed by atoms with Crippen LogP contribution in [0.25, 0.3) is 10.8 Å². The van der Waals surface area contributed by atoms with E-state index in [1.165, 1.54) is 0 Å². The van der Waals surface area contributed by atoms with Crippen LogP contribution in [0, 0.1) is 0 Å². The normalized spacial score (nSPS) is 14.6. The van der Waals surface area contributed by atoms with Gasteiger partial charge in [0.1, 0.15) is 5.75 Å². The summed E-state index contributed by atoms with van der Waals surface area (Å²) in [5.74, 6) is 0.847. The zero-order valence-corrected chi connectivity index (χ0v) is 11.4. The molecule has 0 fully saturated rings. The Hall–Kier alpha value is -1.06. The van der Waals surface area contributed by atoms with E-state index in [0.717, 1.165) is 22.1 Å². The second kappa shape index (κ2) is 5.07. The minimum Gasteiger partial charge on any atom is -0.497 e. The summed E-state index contributed by atoms with van der Waals surface area (Å²) in [5.41, 5.74) is 0.923. The summed E-state index contributed by atoms with van der Waals surface area (Å²) in [6, 6.07) is 11.9. The summed E-state index contributed by atoms with van der Waals surface area (Å²) in [5, 5.41) is 12.2. The van der Waals surface area contributed by atoms with Gasteiger partial charge in [0.05, 0.1) is 13.2 Å². The largest absolute Gasteiger partial charge is 0.497 e. The van der Waals surface area contributed by atoms with Crippen molar-refractivity contribution in [2.24, 2.45) is 0 Å². The van der Waals surface area contributed by atoms with Crippen LogP contribution in [0.3, 0.4) is 0 Å². The third kappa shape index (κ3) is 2.61. The highest BCUT2D eigenvalue weighted by molar-refractivity contribution is 9.09. The molecule has 17 heavy (non-hydrogen) atoms. The van der Waals surface area contributed by atoms with Gasteiger partial charge in [-0.25, -0.2) is 0 Å². The van der Waals surface area contributed by atoms with Crippen molar-refractivity contribution in [3.8, 4) is 5.75 Å². The van der Waals surface area contributed by atoms with Gasteiger partial charge in [0.15, 0.2) is 0 Å². The Kier molecular flexibility index (Phi) is 3.69. The van der Waals surface area contributed by atoms with Gasteiger partial charge in [-0.2, -0.15) is 0 Å². The number of hydrogen-bond donors (Lipinski definition) is 1. The zero-order chi connectivity index (χ0) is 12.4. The molecule has 0 bridgehead atoms. The molecule has 0 aromatic heterocycles. The second-order valence-corrected chi connectivity index (χ2v) is 5.54. The first-order valence-electron chi connectivity index (χ1n) is 5.51. The molecular formula is C14H15BrO2. The summed E-state index contributed by atoms with van der Waals surface area (Å²) >= 11 is 3.39. The van der Waals surface area contributed by atoms with Crippen LogP contribution in [-0.2, 0) is 0 Å². The van der Waals surface area contributed by atoms with Gasteiger partial charge >= 0.3 is 0 Å². The Balaban J connectivity index is 2.44. The van der Waals surface area contributed by atoms with Crippen LogP contribution in [-0.4, -0.2) is 17.0 Å². The van der Waals surface area contributed by atoms with Crippen molar-refractivity contribution in [1.82, 2.24) is 0 Å². The van der Waals surface area contributed by atoms with Crippen molar-refractivity contribution >= 4 is 26.7 Å². The van der Waals surface area contributed by atoms with Crippen LogP contribution in [0.5, 0.6) is 5.75 Å². The van der Waals surface area contributed by atoms with Crippen LogP contribution < -0.4 is 4.74 Å². The minimum atomic E-state index is -0.485. The minimum absolute atomic E-state index is 0.0400. The molecule has 0 aliphatic rings. The van der Waals surface area contributed by atoms with Gasteiger partial charge in [-0.05, 0) is 41.5 Å². The van der Waals surface area contributed by atoms with Gasteiger partial charge in [-0.3, -0.25) is 0 Å². The summed E-state index contributed by atoms with van der Waals surface area (Å²) in [6.45, 7) is 1.93. The Morgan fingerprint density at radius 3 is 2.41 bits per heavy atom. The van der Waals surface area contributed by atoms with Crippen LogP contribution in [0.15, 0.2) is 36.4 Å². The maximum absolute atomic E-state index is 9.99. The number of aliphatic hydroxyl groups excluding tert-OH is 1. The number of alkyl halides is 1. The molecule has 0 radical (unpaired) electrons. The lowest BCUT2D eigenvalue weighted by Crippen LogP contribution is -2.07. The molecule has 2 aromatic rings. The molecule has 0 aliphatic carbocycles. The van der Waals surface area contributed by atoms with Crippen molar-refractivity contribution in [3.63, 3.8) is 0 Å². The third-order valence-electron chi connectivity index (χ3n) is 2.85. The molecule has 0 saturated carbocycles. The highest BCUT2D eigenvalue weighted by Gasteiger charge is 2.13. The molecule has 2 rings (SSSR count). The number of aliphatic hydroxyl groups is 1. The van der Waals surface area contributed by atoms with E-state index in [0.29, 0.717) is 0 Å². The summed E-state index contributed by atoms with van der Waals surface area (Å²) in [4.78, 5) is 0.0400. The Labute approximate surface area is 109 Å². The second-order valence-electron chi connectivity index (χ2n) is 4.09. The fourth-order valence-electron chi connectivity index (χ4n) is 1.82.